The van der Waals surface area contributed by atoms with E-state index < -0.39 is 6.10 Å². The van der Waals surface area contributed by atoms with Gasteiger partial charge in [0.1, 0.15) is 0 Å². The summed E-state index contributed by atoms with van der Waals surface area (Å²) in [5.74, 6) is 0.834. The number of hydrogen-bond acceptors (Lipinski definition) is 2. The maximum Gasteiger partial charge on any atom is 0.0940 e. The fourth-order valence-corrected chi connectivity index (χ4v) is 4.80. The molecule has 0 saturated heterocycles. The van der Waals surface area contributed by atoms with Gasteiger partial charge in [-0.2, -0.15) is 0 Å². The minimum absolute atomic E-state index is 0.0874. The van der Waals surface area contributed by atoms with Crippen LogP contribution in [0.15, 0.2) is 30.3 Å². The Morgan fingerprint density at radius 3 is 2.38 bits per heavy atom. The smallest absolute Gasteiger partial charge is 0.0940 e. The first-order chi connectivity index (χ1) is 9.86. The monoisotopic (exact) mass is 287 g/mol. The number of fused-ring (bicyclic) bond motifs is 2. The lowest BCUT2D eigenvalue weighted by Crippen LogP contribution is -2.49. The molecule has 2 N–H and O–H groups in total. The second kappa shape index (κ2) is 5.10. The van der Waals surface area contributed by atoms with Crippen molar-refractivity contribution in [2.75, 3.05) is 0 Å². The van der Waals surface area contributed by atoms with E-state index in [-0.39, 0.29) is 6.04 Å². The first kappa shape index (κ1) is 15.1. The van der Waals surface area contributed by atoms with Gasteiger partial charge in [-0.15, -0.1) is 0 Å². The topological polar surface area (TPSA) is 32.3 Å². The van der Waals surface area contributed by atoms with Crippen LogP contribution in [0.4, 0.5) is 0 Å². The molecule has 2 nitrogen and oxygen atoms in total. The Kier molecular flexibility index (Phi) is 3.66. The maximum atomic E-state index is 10.6. The molecule has 2 bridgehead atoms. The van der Waals surface area contributed by atoms with Gasteiger partial charge in [-0.25, -0.2) is 0 Å². The molecule has 0 radical (unpaired) electrons. The first-order valence-electron chi connectivity index (χ1n) is 8.35. The Morgan fingerprint density at radius 1 is 1.19 bits per heavy atom. The van der Waals surface area contributed by atoms with Crippen LogP contribution in [-0.4, -0.2) is 17.2 Å². The Morgan fingerprint density at radius 2 is 1.86 bits per heavy atom. The van der Waals surface area contributed by atoms with Crippen LogP contribution in [0.3, 0.4) is 0 Å². The molecule has 21 heavy (non-hydrogen) atoms. The SMILES string of the molecule is C[C@H](NC1CC2CCC1(C)C2(C)C)[C@H](O)c1ccccc1. The van der Waals surface area contributed by atoms with Gasteiger partial charge in [-0.3, -0.25) is 0 Å². The molecule has 0 amide bonds. The van der Waals surface area contributed by atoms with Crippen molar-refractivity contribution in [3.63, 3.8) is 0 Å². The quantitative estimate of drug-likeness (QED) is 0.880. The molecule has 0 spiro atoms. The van der Waals surface area contributed by atoms with Gasteiger partial charge in [0.15, 0.2) is 0 Å². The van der Waals surface area contributed by atoms with Crippen LogP contribution in [0.1, 0.15) is 58.6 Å². The third kappa shape index (κ3) is 2.24. The third-order valence-corrected chi connectivity index (χ3v) is 6.87. The van der Waals surface area contributed by atoms with Crippen LogP contribution in [0.5, 0.6) is 0 Å². The van der Waals surface area contributed by atoms with E-state index in [0.717, 1.165) is 11.5 Å². The number of nitrogens with one attached hydrogen (secondary N) is 1. The fourth-order valence-electron chi connectivity index (χ4n) is 4.80. The van der Waals surface area contributed by atoms with Gasteiger partial charge >= 0.3 is 0 Å². The van der Waals surface area contributed by atoms with Crippen LogP contribution in [0.25, 0.3) is 0 Å². The molecule has 0 aromatic heterocycles. The summed E-state index contributed by atoms with van der Waals surface area (Å²) < 4.78 is 0. The normalized spacial score (nSPS) is 36.6. The molecule has 1 aromatic carbocycles. The second-order valence-corrected chi connectivity index (χ2v) is 7.97. The zero-order valence-electron chi connectivity index (χ0n) is 13.8. The van der Waals surface area contributed by atoms with Crippen molar-refractivity contribution < 1.29 is 5.11 Å². The van der Waals surface area contributed by atoms with Crippen molar-refractivity contribution in [2.24, 2.45) is 16.7 Å². The fraction of sp³-hybridized carbons (Fsp3) is 0.684. The molecule has 0 heterocycles. The van der Waals surface area contributed by atoms with E-state index in [1.54, 1.807) is 0 Å². The molecule has 1 aromatic rings. The van der Waals surface area contributed by atoms with Gasteiger partial charge in [-0.05, 0) is 48.5 Å². The number of aliphatic hydroxyl groups excluding tert-OH is 1. The van der Waals surface area contributed by atoms with Crippen molar-refractivity contribution in [1.29, 1.82) is 0 Å². The number of aliphatic hydroxyl groups is 1. The highest BCUT2D eigenvalue weighted by Gasteiger charge is 2.61. The van der Waals surface area contributed by atoms with Gasteiger partial charge in [-0.1, -0.05) is 51.1 Å². The molecule has 5 atom stereocenters. The Balaban J connectivity index is 1.71. The molecular weight excluding hydrogens is 258 g/mol. The Bertz CT molecular complexity index is 498. The highest BCUT2D eigenvalue weighted by molar-refractivity contribution is 5.19. The molecule has 116 valence electrons. The minimum Gasteiger partial charge on any atom is -0.387 e. The highest BCUT2D eigenvalue weighted by atomic mass is 16.3. The third-order valence-electron chi connectivity index (χ3n) is 6.87. The standard InChI is InChI=1S/C19H29NO/c1-13(17(21)14-8-6-5-7-9-14)20-16-12-15-10-11-19(16,4)18(15,2)3/h5-9,13,15-17,20-21H,10-12H2,1-4H3/t13-,15?,16?,17-,19?/m0/s1. The largest absolute Gasteiger partial charge is 0.387 e. The van der Waals surface area contributed by atoms with E-state index in [4.69, 9.17) is 0 Å². The van der Waals surface area contributed by atoms with Crippen LogP contribution in [0, 0.1) is 16.7 Å². The van der Waals surface area contributed by atoms with Crippen molar-refractivity contribution in [2.45, 2.75) is 65.1 Å². The number of rotatable bonds is 4. The van der Waals surface area contributed by atoms with Gasteiger partial charge < -0.3 is 10.4 Å². The van der Waals surface area contributed by atoms with E-state index in [2.05, 4.69) is 33.0 Å². The number of hydrogen-bond donors (Lipinski definition) is 2. The van der Waals surface area contributed by atoms with E-state index in [0.29, 0.717) is 16.9 Å². The molecule has 2 heteroatoms. The average Bonchev–Trinajstić information content (AvgIpc) is 2.80. The van der Waals surface area contributed by atoms with Crippen LogP contribution in [0.2, 0.25) is 0 Å². The van der Waals surface area contributed by atoms with E-state index in [1.807, 2.05) is 30.3 Å². The minimum atomic E-state index is -0.433. The van der Waals surface area contributed by atoms with Crippen molar-refractivity contribution in [3.8, 4) is 0 Å². The van der Waals surface area contributed by atoms with Crippen LogP contribution >= 0.6 is 0 Å². The van der Waals surface area contributed by atoms with E-state index in [9.17, 15) is 5.11 Å². The van der Waals surface area contributed by atoms with Crippen molar-refractivity contribution in [1.82, 2.24) is 5.32 Å². The molecule has 2 fully saturated rings. The molecular formula is C19H29NO. The summed E-state index contributed by atoms with van der Waals surface area (Å²) in [5.41, 5.74) is 1.79. The lowest BCUT2D eigenvalue weighted by molar-refractivity contribution is 0.0836. The Hall–Kier alpha value is -0.860. The van der Waals surface area contributed by atoms with E-state index >= 15 is 0 Å². The lowest BCUT2D eigenvalue weighted by Gasteiger charge is -2.41. The Labute approximate surface area is 129 Å². The lowest BCUT2D eigenvalue weighted by atomic mass is 9.69. The summed E-state index contributed by atoms with van der Waals surface area (Å²) >= 11 is 0. The van der Waals surface area contributed by atoms with Crippen LogP contribution in [-0.2, 0) is 0 Å². The maximum absolute atomic E-state index is 10.6. The zero-order chi connectivity index (χ0) is 15.3. The second-order valence-electron chi connectivity index (χ2n) is 7.97. The van der Waals surface area contributed by atoms with Crippen molar-refractivity contribution in [3.05, 3.63) is 35.9 Å². The predicted octanol–water partition coefficient (Wildman–Crippen LogP) is 3.91. The molecule has 2 saturated carbocycles. The summed E-state index contributed by atoms with van der Waals surface area (Å²) in [6, 6.07) is 10.6. The van der Waals surface area contributed by atoms with Crippen molar-refractivity contribution >= 4 is 0 Å². The zero-order valence-corrected chi connectivity index (χ0v) is 13.8. The molecule has 0 aliphatic heterocycles. The first-order valence-corrected chi connectivity index (χ1v) is 8.35. The number of benzene rings is 1. The predicted molar refractivity (Wildman–Crippen MR) is 87.0 cm³/mol. The average molecular weight is 287 g/mol. The summed E-state index contributed by atoms with van der Waals surface area (Å²) in [6.45, 7) is 9.43. The summed E-state index contributed by atoms with van der Waals surface area (Å²) in [4.78, 5) is 0. The molecule has 2 aliphatic rings. The summed E-state index contributed by atoms with van der Waals surface area (Å²) in [7, 11) is 0. The van der Waals surface area contributed by atoms with E-state index in [1.165, 1.54) is 19.3 Å². The molecule has 2 aliphatic carbocycles. The van der Waals surface area contributed by atoms with Crippen LogP contribution < -0.4 is 5.32 Å². The molecule has 3 rings (SSSR count). The highest BCUT2D eigenvalue weighted by Crippen LogP contribution is 2.65. The van der Waals surface area contributed by atoms with Gasteiger partial charge in [0, 0.05) is 12.1 Å². The van der Waals surface area contributed by atoms with Gasteiger partial charge in [0.25, 0.3) is 0 Å². The van der Waals surface area contributed by atoms with Gasteiger partial charge in [0.2, 0.25) is 0 Å². The van der Waals surface area contributed by atoms with Gasteiger partial charge in [0.05, 0.1) is 6.10 Å². The molecule has 3 unspecified atom stereocenters. The summed E-state index contributed by atoms with van der Waals surface area (Å²) in [5, 5.41) is 14.3. The summed E-state index contributed by atoms with van der Waals surface area (Å²) in [6.07, 6.45) is 3.51.